The molecule has 3 aromatic carbocycles. The van der Waals surface area contributed by atoms with Crippen molar-refractivity contribution in [2.75, 3.05) is 32.3 Å². The molecule has 5 atom stereocenters. The van der Waals surface area contributed by atoms with Gasteiger partial charge in [0.2, 0.25) is 17.7 Å². The predicted molar refractivity (Wildman–Crippen MR) is 184 cm³/mol. The number of aliphatic hydroxyl groups is 1. The molecule has 1 aliphatic rings. The van der Waals surface area contributed by atoms with Crippen LogP contribution in [0.5, 0.6) is 11.6 Å². The van der Waals surface area contributed by atoms with Crippen molar-refractivity contribution in [3.8, 4) is 24.0 Å². The number of halogens is 1. The minimum absolute atomic E-state index is 0.135. The monoisotopic (exact) mass is 685 g/mol. The first kappa shape index (κ1) is 34.1. The van der Waals surface area contributed by atoms with Gasteiger partial charge in [-0.2, -0.15) is 9.97 Å². The molecular weight excluding hydrogens is 648 g/mol. The van der Waals surface area contributed by atoms with Crippen molar-refractivity contribution in [1.29, 1.82) is 0 Å². The third-order valence-electron chi connectivity index (χ3n) is 8.85. The number of nitrogens with zero attached hydrogens (tertiary/aromatic N) is 4. The summed E-state index contributed by atoms with van der Waals surface area (Å²) in [7, 11) is -0.903. The maximum Gasteiger partial charge on any atom is 0.247 e. The van der Waals surface area contributed by atoms with Crippen LogP contribution < -0.4 is 14.8 Å². The van der Waals surface area contributed by atoms with Gasteiger partial charge in [0.1, 0.15) is 17.9 Å². The van der Waals surface area contributed by atoms with E-state index in [2.05, 4.69) is 16.2 Å². The van der Waals surface area contributed by atoms with Crippen molar-refractivity contribution in [2.24, 2.45) is 5.92 Å². The molecular formula is C36H37FN5O6P. The molecule has 1 fully saturated rings. The third kappa shape index (κ3) is 6.04. The second-order valence-corrected chi connectivity index (χ2v) is 12.9. The lowest BCUT2D eigenvalue weighted by Gasteiger charge is -2.37. The molecule has 5 aromatic rings. The maximum absolute atomic E-state index is 16.3. The van der Waals surface area contributed by atoms with Crippen LogP contribution in [0.1, 0.15) is 36.8 Å². The van der Waals surface area contributed by atoms with Gasteiger partial charge in [-0.1, -0.05) is 85.6 Å². The molecule has 0 radical (unpaired) electrons. The van der Waals surface area contributed by atoms with Crippen LogP contribution in [0.2, 0.25) is 0 Å². The summed E-state index contributed by atoms with van der Waals surface area (Å²) in [4.78, 5) is 14.1. The molecule has 2 aromatic heterocycles. The lowest BCUT2D eigenvalue weighted by molar-refractivity contribution is -0.186. The Bertz CT molecular complexity index is 1950. The molecule has 1 unspecified atom stereocenters. The standard InChI is InChI=1S/C36H37FN5O6P/c1-6-34(43)24(3)35(37,22-47-49(5)44)48-32(34)42-23-38-29-30(42)39-33(40-31(29)46-7-2)41-36(25-14-10-8-11-15-25,26-16-12-9-13-17-26)27-18-20-28(45-4)21-19-27/h1,8-21,23-24,32,43,49H,7,22H2,2-5H3,(H,39,40,41)/t24-,32+,34+,35+/m0/s1. The molecule has 11 nitrogen and oxygen atoms in total. The van der Waals surface area contributed by atoms with Crippen LogP contribution in [0.4, 0.5) is 10.3 Å². The normalized spacial score (nSPS) is 22.8. The van der Waals surface area contributed by atoms with Crippen molar-refractivity contribution >= 4 is 25.1 Å². The molecule has 1 saturated heterocycles. The lowest BCUT2D eigenvalue weighted by Crippen LogP contribution is -2.43. The highest BCUT2D eigenvalue weighted by Gasteiger charge is 2.63. The number of anilines is 1. The number of alkyl halides is 1. The topological polar surface area (TPSA) is 130 Å². The molecule has 0 saturated carbocycles. The van der Waals surface area contributed by atoms with Gasteiger partial charge in [0, 0.05) is 6.66 Å². The zero-order chi connectivity index (χ0) is 34.8. The van der Waals surface area contributed by atoms with Crippen LogP contribution in [0.3, 0.4) is 0 Å². The summed E-state index contributed by atoms with van der Waals surface area (Å²) in [6.07, 6.45) is 5.68. The van der Waals surface area contributed by atoms with E-state index in [4.69, 9.17) is 35.1 Å². The second kappa shape index (κ2) is 13.6. The molecule has 1 aliphatic heterocycles. The number of hydrogen-bond donors (Lipinski definition) is 2. The lowest BCUT2D eigenvalue weighted by atomic mass is 9.77. The number of terminal acetylenes is 1. The number of methoxy groups -OCH3 is 1. The zero-order valence-corrected chi connectivity index (χ0v) is 28.5. The highest BCUT2D eigenvalue weighted by atomic mass is 31.1. The summed E-state index contributed by atoms with van der Waals surface area (Å²) >= 11 is 0. The molecule has 2 N–H and O–H groups in total. The largest absolute Gasteiger partial charge is 0.497 e. The van der Waals surface area contributed by atoms with E-state index in [9.17, 15) is 9.67 Å². The third-order valence-corrected chi connectivity index (χ3v) is 9.40. The predicted octanol–water partition coefficient (Wildman–Crippen LogP) is 5.95. The van der Waals surface area contributed by atoms with Crippen molar-refractivity contribution in [2.45, 2.75) is 37.1 Å². The van der Waals surface area contributed by atoms with E-state index >= 15 is 4.39 Å². The fraction of sp³-hybridized carbons (Fsp3) is 0.306. The van der Waals surface area contributed by atoms with Gasteiger partial charge in [-0.15, -0.1) is 6.42 Å². The second-order valence-electron chi connectivity index (χ2n) is 11.7. The molecule has 0 bridgehead atoms. The van der Waals surface area contributed by atoms with Crippen LogP contribution in [0.15, 0.2) is 91.3 Å². The van der Waals surface area contributed by atoms with Crippen LogP contribution in [-0.4, -0.2) is 63.1 Å². The summed E-state index contributed by atoms with van der Waals surface area (Å²) in [5, 5.41) is 15.3. The Morgan fingerprint density at radius 2 is 1.67 bits per heavy atom. The number of aromatic nitrogens is 4. The Labute approximate surface area is 284 Å². The fourth-order valence-corrected chi connectivity index (χ4v) is 6.60. The number of fused-ring (bicyclic) bond motifs is 1. The van der Waals surface area contributed by atoms with Gasteiger partial charge in [-0.25, -0.2) is 9.37 Å². The van der Waals surface area contributed by atoms with E-state index in [0.29, 0.717) is 5.75 Å². The van der Waals surface area contributed by atoms with Gasteiger partial charge in [-0.3, -0.25) is 9.13 Å². The van der Waals surface area contributed by atoms with E-state index in [1.165, 1.54) is 24.5 Å². The number of nitrogens with one attached hydrogen (secondary N) is 1. The number of rotatable bonds is 12. The van der Waals surface area contributed by atoms with Crippen molar-refractivity contribution in [1.82, 2.24) is 19.5 Å². The summed E-state index contributed by atoms with van der Waals surface area (Å²) in [6, 6.07) is 27.4. The average Bonchev–Trinajstić information content (AvgIpc) is 3.64. The number of ether oxygens (including phenoxy) is 3. The van der Waals surface area contributed by atoms with E-state index in [1.54, 1.807) is 7.11 Å². The SMILES string of the molecule is C#C[C@]1(O)[C@H](n2cnc3c(OCC)nc(NC(c4ccccc4)(c4ccccc4)c4ccc(OC)cc4)nc32)O[C@](F)(CO[PH](C)=O)[C@H]1C. The Kier molecular flexibility index (Phi) is 9.47. The molecule has 13 heteroatoms. The van der Waals surface area contributed by atoms with Gasteiger partial charge >= 0.3 is 0 Å². The minimum Gasteiger partial charge on any atom is -0.497 e. The molecule has 0 aliphatic carbocycles. The van der Waals surface area contributed by atoms with Crippen LogP contribution in [0, 0.1) is 18.3 Å². The number of hydrogen-bond acceptors (Lipinski definition) is 10. The Morgan fingerprint density at radius 3 is 2.22 bits per heavy atom. The maximum atomic E-state index is 16.3. The van der Waals surface area contributed by atoms with Gasteiger partial charge < -0.3 is 29.2 Å². The van der Waals surface area contributed by atoms with Gasteiger partial charge in [0.15, 0.2) is 31.0 Å². The summed E-state index contributed by atoms with van der Waals surface area (Å²) in [5.74, 6) is -0.562. The van der Waals surface area contributed by atoms with Crippen molar-refractivity contribution < 1.29 is 32.8 Å². The molecule has 0 spiro atoms. The van der Waals surface area contributed by atoms with Crippen LogP contribution >= 0.6 is 8.03 Å². The first-order valence-electron chi connectivity index (χ1n) is 15.7. The van der Waals surface area contributed by atoms with E-state index in [1.807, 2.05) is 91.9 Å². The fourth-order valence-electron chi connectivity index (χ4n) is 6.20. The van der Waals surface area contributed by atoms with Gasteiger partial charge in [0.05, 0.1) is 26.0 Å². The first-order chi connectivity index (χ1) is 23.6. The highest BCUT2D eigenvalue weighted by molar-refractivity contribution is 7.38. The van der Waals surface area contributed by atoms with Crippen LogP contribution in [0.25, 0.3) is 11.2 Å². The van der Waals surface area contributed by atoms with Crippen molar-refractivity contribution in [3.05, 3.63) is 108 Å². The minimum atomic E-state index is -2.57. The molecule has 3 heterocycles. The van der Waals surface area contributed by atoms with Gasteiger partial charge in [0.25, 0.3) is 0 Å². The molecule has 254 valence electrons. The quantitative estimate of drug-likeness (QED) is 0.0923. The highest BCUT2D eigenvalue weighted by Crippen LogP contribution is 2.51. The van der Waals surface area contributed by atoms with E-state index < -0.39 is 43.8 Å². The smallest absolute Gasteiger partial charge is 0.247 e. The Hall–Kier alpha value is -4.79. The van der Waals surface area contributed by atoms with E-state index in [-0.39, 0.29) is 29.6 Å². The van der Waals surface area contributed by atoms with Crippen molar-refractivity contribution in [3.63, 3.8) is 0 Å². The Morgan fingerprint density at radius 1 is 1.06 bits per heavy atom. The van der Waals surface area contributed by atoms with Crippen LogP contribution in [-0.2, 0) is 19.4 Å². The number of benzene rings is 3. The first-order valence-corrected chi connectivity index (χ1v) is 17.5. The Balaban J connectivity index is 1.55. The average molecular weight is 686 g/mol. The summed E-state index contributed by atoms with van der Waals surface area (Å²) < 4.78 is 51.7. The summed E-state index contributed by atoms with van der Waals surface area (Å²) in [6.45, 7) is 4.11. The zero-order valence-electron chi connectivity index (χ0n) is 27.5. The van der Waals surface area contributed by atoms with Gasteiger partial charge in [-0.05, 0) is 35.7 Å². The summed E-state index contributed by atoms with van der Waals surface area (Å²) in [5.41, 5.74) is -0.192. The number of imidazole rings is 1. The molecule has 6 rings (SSSR count). The molecule has 49 heavy (non-hydrogen) atoms. The molecule has 0 amide bonds. The van der Waals surface area contributed by atoms with E-state index in [0.717, 1.165) is 16.7 Å².